The van der Waals surface area contributed by atoms with Gasteiger partial charge in [0.1, 0.15) is 14.1 Å². The number of halogens is 1. The number of carbonyl (C=O) groups is 1. The van der Waals surface area contributed by atoms with Crippen molar-refractivity contribution in [2.75, 3.05) is 0 Å². The standard InChI is InChI=1S/C6H3IN2O2S/c7-5-4-2(8-9-5)1-3(12-4)6(10)11/h1H,(H,8,9)(H,10,11). The van der Waals surface area contributed by atoms with E-state index >= 15 is 0 Å². The van der Waals surface area contributed by atoms with E-state index in [4.69, 9.17) is 5.11 Å². The molecule has 0 fully saturated rings. The molecule has 6 heteroatoms. The summed E-state index contributed by atoms with van der Waals surface area (Å²) in [5.41, 5.74) is 0.724. The zero-order valence-corrected chi connectivity index (χ0v) is 8.64. The van der Waals surface area contributed by atoms with E-state index in [1.165, 1.54) is 11.3 Å². The summed E-state index contributed by atoms with van der Waals surface area (Å²) in [4.78, 5) is 10.9. The molecule has 0 aliphatic heterocycles. The van der Waals surface area contributed by atoms with Gasteiger partial charge in [-0.25, -0.2) is 4.79 Å². The molecule has 0 aliphatic carbocycles. The number of hydrogen-bond acceptors (Lipinski definition) is 3. The van der Waals surface area contributed by atoms with Crippen molar-refractivity contribution in [2.24, 2.45) is 0 Å². The van der Waals surface area contributed by atoms with Crippen LogP contribution in [0, 0.1) is 3.70 Å². The maximum Gasteiger partial charge on any atom is 0.345 e. The Bertz CT molecular complexity index is 447. The molecule has 0 saturated carbocycles. The molecule has 2 aromatic rings. The highest BCUT2D eigenvalue weighted by molar-refractivity contribution is 14.1. The Balaban J connectivity index is 2.70. The summed E-state index contributed by atoms with van der Waals surface area (Å²) in [7, 11) is 0. The Labute approximate surface area is 84.7 Å². The van der Waals surface area contributed by atoms with Gasteiger partial charge in [0.15, 0.2) is 0 Å². The van der Waals surface area contributed by atoms with E-state index in [9.17, 15) is 4.79 Å². The molecule has 2 heterocycles. The monoisotopic (exact) mass is 294 g/mol. The van der Waals surface area contributed by atoms with Crippen molar-refractivity contribution in [1.29, 1.82) is 0 Å². The van der Waals surface area contributed by atoms with Crippen molar-refractivity contribution < 1.29 is 9.90 Å². The molecule has 2 aromatic heterocycles. The van der Waals surface area contributed by atoms with Crippen LogP contribution in [0.1, 0.15) is 9.67 Å². The largest absolute Gasteiger partial charge is 0.477 e. The third kappa shape index (κ3) is 1.11. The molecule has 0 radical (unpaired) electrons. The summed E-state index contributed by atoms with van der Waals surface area (Å²) >= 11 is 3.33. The van der Waals surface area contributed by atoms with E-state index in [0.29, 0.717) is 4.88 Å². The predicted octanol–water partition coefficient (Wildman–Crippen LogP) is 1.93. The van der Waals surface area contributed by atoms with E-state index in [1.54, 1.807) is 6.07 Å². The van der Waals surface area contributed by atoms with E-state index in [0.717, 1.165) is 13.9 Å². The molecule has 0 bridgehead atoms. The molecule has 0 amide bonds. The first-order valence-corrected chi connectivity index (χ1v) is 4.94. The smallest absolute Gasteiger partial charge is 0.345 e. The molecule has 0 unspecified atom stereocenters. The minimum absolute atomic E-state index is 0.333. The molecule has 0 aliphatic rings. The predicted molar refractivity (Wildman–Crippen MR) is 53.6 cm³/mol. The Morgan fingerprint density at radius 1 is 1.75 bits per heavy atom. The van der Waals surface area contributed by atoms with Crippen LogP contribution in [-0.4, -0.2) is 21.3 Å². The lowest BCUT2D eigenvalue weighted by atomic mass is 10.4. The molecule has 4 nitrogen and oxygen atoms in total. The number of H-pyrrole nitrogens is 1. The number of nitrogens with one attached hydrogen (secondary N) is 1. The second kappa shape index (κ2) is 2.70. The number of hydrogen-bond donors (Lipinski definition) is 2. The average Bonchev–Trinajstić information content (AvgIpc) is 2.53. The third-order valence-corrected chi connectivity index (χ3v) is 3.67. The van der Waals surface area contributed by atoms with Crippen molar-refractivity contribution in [1.82, 2.24) is 10.2 Å². The maximum atomic E-state index is 10.5. The number of carboxylic acid groups (broad SMARTS) is 1. The minimum atomic E-state index is -0.895. The zero-order valence-electron chi connectivity index (χ0n) is 5.67. The summed E-state index contributed by atoms with van der Waals surface area (Å²) in [5, 5.41) is 15.4. The topological polar surface area (TPSA) is 66.0 Å². The van der Waals surface area contributed by atoms with Gasteiger partial charge >= 0.3 is 5.97 Å². The van der Waals surface area contributed by atoms with Crippen molar-refractivity contribution in [2.45, 2.75) is 0 Å². The van der Waals surface area contributed by atoms with Gasteiger partial charge in [-0.05, 0) is 28.7 Å². The van der Waals surface area contributed by atoms with Gasteiger partial charge in [0, 0.05) is 0 Å². The lowest BCUT2D eigenvalue weighted by Crippen LogP contribution is -1.89. The Morgan fingerprint density at radius 2 is 2.50 bits per heavy atom. The van der Waals surface area contributed by atoms with E-state index in [1.807, 2.05) is 0 Å². The van der Waals surface area contributed by atoms with Gasteiger partial charge in [-0.1, -0.05) is 0 Å². The van der Waals surface area contributed by atoms with Gasteiger partial charge in [-0.15, -0.1) is 11.3 Å². The normalized spacial score (nSPS) is 10.8. The summed E-state index contributed by atoms with van der Waals surface area (Å²) in [6.45, 7) is 0. The number of aromatic carboxylic acids is 1. The van der Waals surface area contributed by atoms with Crippen LogP contribution >= 0.6 is 33.9 Å². The molecule has 0 saturated heterocycles. The molecule has 12 heavy (non-hydrogen) atoms. The van der Waals surface area contributed by atoms with Crippen LogP contribution in [-0.2, 0) is 0 Å². The van der Waals surface area contributed by atoms with Gasteiger partial charge in [0.25, 0.3) is 0 Å². The lowest BCUT2D eigenvalue weighted by molar-refractivity contribution is 0.0702. The van der Waals surface area contributed by atoms with Crippen LogP contribution in [0.25, 0.3) is 10.2 Å². The van der Waals surface area contributed by atoms with Gasteiger partial charge in [0.05, 0.1) is 4.70 Å². The number of rotatable bonds is 1. The van der Waals surface area contributed by atoms with Crippen LogP contribution in [0.4, 0.5) is 0 Å². The first-order valence-electron chi connectivity index (χ1n) is 3.05. The fourth-order valence-corrected chi connectivity index (χ4v) is 2.44. The fourth-order valence-electron chi connectivity index (χ4n) is 0.887. The molecule has 62 valence electrons. The SMILES string of the molecule is O=C(O)c1cc2n[nH]c(I)c2s1. The molecule has 2 N–H and O–H groups in total. The first kappa shape index (κ1) is 7.99. The van der Waals surface area contributed by atoms with Crippen LogP contribution in [0.3, 0.4) is 0 Å². The quantitative estimate of drug-likeness (QED) is 0.790. The Morgan fingerprint density at radius 3 is 3.08 bits per heavy atom. The number of aromatic nitrogens is 2. The van der Waals surface area contributed by atoms with Crippen molar-refractivity contribution in [3.05, 3.63) is 14.6 Å². The van der Waals surface area contributed by atoms with E-state index in [-0.39, 0.29) is 0 Å². The zero-order chi connectivity index (χ0) is 8.72. The summed E-state index contributed by atoms with van der Waals surface area (Å²) in [6, 6.07) is 1.57. The second-order valence-corrected chi connectivity index (χ2v) is 4.30. The highest BCUT2D eigenvalue weighted by Gasteiger charge is 2.12. The maximum absolute atomic E-state index is 10.5. The highest BCUT2D eigenvalue weighted by Crippen LogP contribution is 2.27. The number of carboxylic acids is 1. The number of aromatic amines is 1. The van der Waals surface area contributed by atoms with Crippen LogP contribution < -0.4 is 0 Å². The third-order valence-electron chi connectivity index (χ3n) is 1.40. The molecule has 0 aromatic carbocycles. The van der Waals surface area contributed by atoms with Crippen LogP contribution in [0.5, 0.6) is 0 Å². The van der Waals surface area contributed by atoms with Gasteiger partial charge in [-0.3, -0.25) is 5.10 Å². The average molecular weight is 294 g/mol. The molecular formula is C6H3IN2O2S. The number of nitrogens with zero attached hydrogens (tertiary/aromatic N) is 1. The molecule has 2 rings (SSSR count). The van der Waals surface area contributed by atoms with Crippen LogP contribution in [0.2, 0.25) is 0 Å². The van der Waals surface area contributed by atoms with Gasteiger partial charge in [0.2, 0.25) is 0 Å². The highest BCUT2D eigenvalue weighted by atomic mass is 127. The van der Waals surface area contributed by atoms with Crippen LogP contribution in [0.15, 0.2) is 6.07 Å². The van der Waals surface area contributed by atoms with Crippen molar-refractivity contribution in [3.8, 4) is 0 Å². The minimum Gasteiger partial charge on any atom is -0.477 e. The second-order valence-electron chi connectivity index (χ2n) is 2.17. The Hall–Kier alpha value is -0.630. The first-order chi connectivity index (χ1) is 5.68. The summed E-state index contributed by atoms with van der Waals surface area (Å²) in [6.07, 6.45) is 0. The lowest BCUT2D eigenvalue weighted by Gasteiger charge is -1.81. The molecule has 0 spiro atoms. The molecule has 0 atom stereocenters. The van der Waals surface area contributed by atoms with E-state index in [2.05, 4.69) is 32.8 Å². The van der Waals surface area contributed by atoms with Gasteiger partial charge in [-0.2, -0.15) is 5.10 Å². The number of thiophene rings is 1. The van der Waals surface area contributed by atoms with Gasteiger partial charge < -0.3 is 5.11 Å². The number of fused-ring (bicyclic) bond motifs is 1. The molecular weight excluding hydrogens is 291 g/mol. The summed E-state index contributed by atoms with van der Waals surface area (Å²) in [5.74, 6) is -0.895. The summed E-state index contributed by atoms with van der Waals surface area (Å²) < 4.78 is 1.80. The van der Waals surface area contributed by atoms with Crippen molar-refractivity contribution in [3.63, 3.8) is 0 Å². The Kier molecular flexibility index (Phi) is 1.80. The van der Waals surface area contributed by atoms with Crippen molar-refractivity contribution >= 4 is 50.1 Å². The fraction of sp³-hybridized carbons (Fsp3) is 0. The van der Waals surface area contributed by atoms with E-state index < -0.39 is 5.97 Å².